The number of hydrogen-bond donors (Lipinski definition) is 0. The van der Waals surface area contributed by atoms with E-state index in [0.717, 1.165) is 54.8 Å². The maximum atomic E-state index is 6.89. The van der Waals surface area contributed by atoms with Crippen LogP contribution in [0.1, 0.15) is 34.7 Å². The van der Waals surface area contributed by atoms with Crippen LogP contribution in [0, 0.1) is 0 Å². The molecule has 6 heteroatoms. The Balaban J connectivity index is 1.24. The summed E-state index contributed by atoms with van der Waals surface area (Å²) in [6.45, 7) is 0. The van der Waals surface area contributed by atoms with Crippen LogP contribution >= 0.6 is 0 Å². The van der Waals surface area contributed by atoms with Gasteiger partial charge in [-0.05, 0) is 57.9 Å². The lowest BCUT2D eigenvalue weighted by atomic mass is 9.98. The molecule has 0 spiro atoms. The minimum Gasteiger partial charge on any atom is -0.461 e. The van der Waals surface area contributed by atoms with E-state index in [-0.39, 0.29) is 0 Å². The van der Waals surface area contributed by atoms with Crippen LogP contribution in [0.3, 0.4) is 0 Å². The summed E-state index contributed by atoms with van der Waals surface area (Å²) in [7, 11) is 4.07. The first-order chi connectivity index (χ1) is 22.7. The average molecular weight is 601 g/mol. The molecule has 0 saturated carbocycles. The van der Waals surface area contributed by atoms with Crippen molar-refractivity contribution in [2.24, 2.45) is 14.1 Å². The molecule has 6 nitrogen and oxygen atoms in total. The van der Waals surface area contributed by atoms with E-state index in [1.165, 1.54) is 0 Å². The van der Waals surface area contributed by atoms with Crippen molar-refractivity contribution in [1.29, 1.82) is 0 Å². The summed E-state index contributed by atoms with van der Waals surface area (Å²) in [5.74, 6) is 0.894. The molecule has 8 rings (SSSR count). The minimum absolute atomic E-state index is 0.414. The fraction of sp³-hybridized carbons (Fsp3) is 0.100. The normalized spacial score (nSPS) is 12.8. The van der Waals surface area contributed by atoms with Crippen LogP contribution in [0.15, 0.2) is 146 Å². The van der Waals surface area contributed by atoms with Crippen LogP contribution < -0.4 is 9.47 Å². The molecule has 0 saturated heterocycles. The van der Waals surface area contributed by atoms with Crippen molar-refractivity contribution in [3.8, 4) is 11.8 Å². The summed E-state index contributed by atoms with van der Waals surface area (Å²) in [5, 5.41) is 15.6. The molecule has 3 aromatic heterocycles. The van der Waals surface area contributed by atoms with E-state index < -0.39 is 12.2 Å². The molecule has 0 bridgehead atoms. The predicted molar refractivity (Wildman–Crippen MR) is 183 cm³/mol. The smallest absolute Gasteiger partial charge is 0.242 e. The summed E-state index contributed by atoms with van der Waals surface area (Å²) in [4.78, 5) is 0. The second-order valence-electron chi connectivity index (χ2n) is 11.6. The minimum atomic E-state index is -0.414. The molecule has 2 atom stereocenters. The van der Waals surface area contributed by atoms with Gasteiger partial charge in [-0.3, -0.25) is 0 Å². The van der Waals surface area contributed by atoms with Crippen molar-refractivity contribution >= 4 is 32.3 Å². The fourth-order valence-corrected chi connectivity index (χ4v) is 6.47. The van der Waals surface area contributed by atoms with Gasteiger partial charge in [-0.15, -0.1) is 10.2 Å². The third kappa shape index (κ3) is 4.85. The van der Waals surface area contributed by atoms with Gasteiger partial charge in [-0.2, -0.15) is 0 Å². The average Bonchev–Trinajstić information content (AvgIpc) is 3.73. The van der Waals surface area contributed by atoms with Crippen molar-refractivity contribution in [2.75, 3.05) is 0 Å². The van der Waals surface area contributed by atoms with Gasteiger partial charge in [0.2, 0.25) is 11.8 Å². The maximum absolute atomic E-state index is 6.89. The second-order valence-corrected chi connectivity index (χ2v) is 11.6. The van der Waals surface area contributed by atoms with E-state index in [1.807, 2.05) is 62.9 Å². The van der Waals surface area contributed by atoms with E-state index in [9.17, 15) is 0 Å². The number of rotatable bonds is 8. The van der Waals surface area contributed by atoms with Gasteiger partial charge in [-0.1, -0.05) is 97.1 Å². The van der Waals surface area contributed by atoms with Crippen LogP contribution in [-0.4, -0.2) is 19.3 Å². The molecule has 0 radical (unpaired) electrons. The number of aryl methyl sites for hydroxylation is 2. The van der Waals surface area contributed by atoms with E-state index in [0.29, 0.717) is 11.8 Å². The van der Waals surface area contributed by atoms with E-state index in [4.69, 9.17) is 19.7 Å². The number of fused-ring (bicyclic) bond motifs is 3. The summed E-state index contributed by atoms with van der Waals surface area (Å²) in [5.41, 5.74) is 4.15. The lowest BCUT2D eigenvalue weighted by molar-refractivity contribution is 0.218. The highest BCUT2D eigenvalue weighted by atomic mass is 16.5. The maximum Gasteiger partial charge on any atom is 0.242 e. The highest BCUT2D eigenvalue weighted by molar-refractivity contribution is 5.91. The molecule has 0 fully saturated rings. The first-order valence-corrected chi connectivity index (χ1v) is 15.4. The SMILES string of the molecule is Cn1cccc1[C@H](Oc1nnc(O[C@H](c2cccc3ccccc23)c2cccn2C)c2ccccc12)c1cccc2ccccc12. The number of ether oxygens (including phenoxy) is 2. The molecular weight excluding hydrogens is 568 g/mol. The van der Waals surface area contributed by atoms with Crippen LogP contribution in [0.4, 0.5) is 0 Å². The molecular formula is C40H32N4O2. The van der Waals surface area contributed by atoms with Gasteiger partial charge in [0.25, 0.3) is 0 Å². The molecule has 0 unspecified atom stereocenters. The zero-order valence-electron chi connectivity index (χ0n) is 25.6. The van der Waals surface area contributed by atoms with Gasteiger partial charge < -0.3 is 18.6 Å². The fourth-order valence-electron chi connectivity index (χ4n) is 6.47. The molecule has 5 aromatic carbocycles. The first-order valence-electron chi connectivity index (χ1n) is 15.4. The van der Waals surface area contributed by atoms with Gasteiger partial charge >= 0.3 is 0 Å². The van der Waals surface area contributed by atoms with Gasteiger partial charge in [0.1, 0.15) is 0 Å². The number of benzene rings is 5. The van der Waals surface area contributed by atoms with Crippen LogP contribution in [0.2, 0.25) is 0 Å². The molecule has 224 valence electrons. The Morgan fingerprint density at radius 3 is 1.24 bits per heavy atom. The first kappa shape index (κ1) is 27.7. The number of nitrogens with zero attached hydrogens (tertiary/aromatic N) is 4. The van der Waals surface area contributed by atoms with Crippen LogP contribution in [0.5, 0.6) is 11.8 Å². The third-order valence-corrected chi connectivity index (χ3v) is 8.80. The molecule has 0 aliphatic heterocycles. The summed E-state index contributed by atoms with van der Waals surface area (Å²) in [6, 6.07) is 45.7. The van der Waals surface area contributed by atoms with E-state index in [1.54, 1.807) is 0 Å². The van der Waals surface area contributed by atoms with Crippen molar-refractivity contribution in [3.05, 3.63) is 168 Å². The summed E-state index contributed by atoms with van der Waals surface area (Å²) < 4.78 is 18.0. The zero-order valence-corrected chi connectivity index (χ0v) is 25.6. The molecule has 46 heavy (non-hydrogen) atoms. The Hall–Kier alpha value is -5.88. The molecule has 0 N–H and O–H groups in total. The quantitative estimate of drug-likeness (QED) is 0.175. The van der Waals surface area contributed by atoms with Crippen molar-refractivity contribution in [2.45, 2.75) is 12.2 Å². The zero-order chi connectivity index (χ0) is 31.0. The van der Waals surface area contributed by atoms with Crippen molar-refractivity contribution < 1.29 is 9.47 Å². The van der Waals surface area contributed by atoms with E-state index in [2.05, 4.69) is 106 Å². The van der Waals surface area contributed by atoms with Gasteiger partial charge in [0.05, 0.1) is 22.2 Å². The van der Waals surface area contributed by atoms with Crippen LogP contribution in [0.25, 0.3) is 32.3 Å². The highest BCUT2D eigenvalue weighted by Gasteiger charge is 2.26. The Bertz CT molecular complexity index is 2160. The Labute approximate surface area is 267 Å². The molecule has 3 heterocycles. The highest BCUT2D eigenvalue weighted by Crippen LogP contribution is 2.39. The molecule has 0 amide bonds. The summed E-state index contributed by atoms with van der Waals surface area (Å²) >= 11 is 0. The Morgan fingerprint density at radius 1 is 0.435 bits per heavy atom. The van der Waals surface area contributed by atoms with Gasteiger partial charge in [0.15, 0.2) is 12.2 Å². The monoisotopic (exact) mass is 600 g/mol. The van der Waals surface area contributed by atoms with Crippen molar-refractivity contribution in [3.63, 3.8) is 0 Å². The number of hydrogen-bond acceptors (Lipinski definition) is 4. The van der Waals surface area contributed by atoms with Gasteiger partial charge in [-0.25, -0.2) is 0 Å². The largest absolute Gasteiger partial charge is 0.461 e. The predicted octanol–water partition coefficient (Wildman–Crippen LogP) is 8.95. The van der Waals surface area contributed by atoms with E-state index >= 15 is 0 Å². The third-order valence-electron chi connectivity index (χ3n) is 8.80. The Morgan fingerprint density at radius 2 is 0.826 bits per heavy atom. The lowest BCUT2D eigenvalue weighted by Gasteiger charge is -2.24. The number of aromatic nitrogens is 4. The van der Waals surface area contributed by atoms with Crippen LogP contribution in [-0.2, 0) is 14.1 Å². The standard InChI is InChI=1S/C40H32N4O2/c1-43-25-11-23-35(43)37(31-21-9-15-27-13-3-5-17-29(27)31)45-39-33-19-7-8-20-34(33)40(42-41-39)46-38(36-24-12-26-44(36)2)32-22-10-16-28-14-4-6-18-30(28)32/h3-26,37-38H,1-2H3/t37-,38-/m1/s1. The Kier molecular flexibility index (Phi) is 6.95. The molecule has 0 aliphatic carbocycles. The van der Waals surface area contributed by atoms with Gasteiger partial charge in [0, 0.05) is 37.6 Å². The summed E-state index contributed by atoms with van der Waals surface area (Å²) in [6.07, 6.45) is 3.24. The molecule has 0 aliphatic rings. The molecule has 8 aromatic rings. The second kappa shape index (κ2) is 11.6. The lowest BCUT2D eigenvalue weighted by Crippen LogP contribution is -2.16. The van der Waals surface area contributed by atoms with Crippen molar-refractivity contribution in [1.82, 2.24) is 19.3 Å². The topological polar surface area (TPSA) is 54.1 Å².